The van der Waals surface area contributed by atoms with E-state index in [4.69, 9.17) is 4.74 Å². The van der Waals surface area contributed by atoms with Crippen LogP contribution in [0.4, 0.5) is 4.79 Å². The lowest BCUT2D eigenvalue weighted by atomic mass is 9.81. The molecule has 3 aliphatic rings. The average Bonchev–Trinajstić information content (AvgIpc) is 3.52. The van der Waals surface area contributed by atoms with Gasteiger partial charge in [-0.3, -0.25) is 9.59 Å². The second-order valence-electron chi connectivity index (χ2n) is 10.1. The molecule has 0 radical (unpaired) electrons. The Labute approximate surface area is 205 Å². The van der Waals surface area contributed by atoms with Crippen LogP contribution in [0, 0.1) is 11.3 Å². The first-order valence-corrected chi connectivity index (χ1v) is 12.6. The Morgan fingerprint density at radius 2 is 1.77 bits per heavy atom. The van der Waals surface area contributed by atoms with Crippen molar-refractivity contribution in [3.63, 3.8) is 0 Å². The van der Waals surface area contributed by atoms with Crippen LogP contribution in [-0.4, -0.2) is 53.7 Å². The molecule has 7 nitrogen and oxygen atoms in total. The number of amides is 2. The van der Waals surface area contributed by atoms with E-state index >= 15 is 0 Å². The van der Waals surface area contributed by atoms with E-state index in [1.54, 1.807) is 4.90 Å². The van der Waals surface area contributed by atoms with Gasteiger partial charge in [-0.05, 0) is 47.4 Å². The number of likely N-dealkylation sites (tertiary alicyclic amines) is 1. The lowest BCUT2D eigenvalue weighted by Crippen LogP contribution is -2.49. The van der Waals surface area contributed by atoms with Crippen molar-refractivity contribution in [3.8, 4) is 11.1 Å². The summed E-state index contributed by atoms with van der Waals surface area (Å²) in [7, 11) is 0. The van der Waals surface area contributed by atoms with Crippen LogP contribution in [0.2, 0.25) is 0 Å². The Kier molecular flexibility index (Phi) is 6.26. The first kappa shape index (κ1) is 23.4. The zero-order valence-corrected chi connectivity index (χ0v) is 20.0. The molecule has 2 fully saturated rings. The zero-order chi connectivity index (χ0) is 24.6. The summed E-state index contributed by atoms with van der Waals surface area (Å²) in [5.74, 6) is -1.09. The molecule has 0 bridgehead atoms. The van der Waals surface area contributed by atoms with Crippen molar-refractivity contribution < 1.29 is 24.2 Å². The van der Waals surface area contributed by atoms with Crippen molar-refractivity contribution in [3.05, 3.63) is 59.7 Å². The maximum absolute atomic E-state index is 13.3. The lowest BCUT2D eigenvalue weighted by Gasteiger charge is -2.26. The number of rotatable bonds is 7. The molecular formula is C28H32N2O5. The number of aliphatic carboxylic acids is 1. The second kappa shape index (κ2) is 9.36. The van der Waals surface area contributed by atoms with Gasteiger partial charge in [-0.1, -0.05) is 68.3 Å². The molecule has 2 amide bonds. The molecule has 1 heterocycles. The highest BCUT2D eigenvalue weighted by Gasteiger charge is 2.56. The Morgan fingerprint density at radius 1 is 1.11 bits per heavy atom. The molecule has 1 aliphatic heterocycles. The fourth-order valence-corrected chi connectivity index (χ4v) is 6.36. The van der Waals surface area contributed by atoms with E-state index in [0.29, 0.717) is 25.8 Å². The number of carboxylic acid groups (broad SMARTS) is 1. The normalized spacial score (nSPS) is 23.3. The summed E-state index contributed by atoms with van der Waals surface area (Å²) >= 11 is 0. The summed E-state index contributed by atoms with van der Waals surface area (Å²) in [5.41, 5.74) is 3.73. The predicted octanol–water partition coefficient (Wildman–Crippen LogP) is 4.41. The van der Waals surface area contributed by atoms with E-state index in [-0.39, 0.29) is 30.9 Å². The number of carbonyl (C=O) groups is 3. The monoisotopic (exact) mass is 476 g/mol. The molecule has 3 atom stereocenters. The topological polar surface area (TPSA) is 95.9 Å². The van der Waals surface area contributed by atoms with E-state index in [9.17, 15) is 19.5 Å². The molecule has 1 saturated heterocycles. The van der Waals surface area contributed by atoms with Crippen molar-refractivity contribution in [1.82, 2.24) is 10.2 Å². The van der Waals surface area contributed by atoms with E-state index < -0.39 is 23.5 Å². The number of ether oxygens (including phenoxy) is 1. The summed E-state index contributed by atoms with van der Waals surface area (Å²) < 4.78 is 5.65. The van der Waals surface area contributed by atoms with Crippen molar-refractivity contribution in [2.75, 3.05) is 19.7 Å². The standard InChI is InChI=1S/C28H32N2O5/c1-2-8-24(25(31)30-15-18-9-7-14-28(18,17-30)26(32)33)29-27(34)35-16-23-21-12-5-3-10-19(21)20-11-4-6-13-22(20)23/h3-6,10-13,18,23-24H,2,7-9,14-17H2,1H3,(H,29,34)(H,32,33)/t18-,24?,28-/m1/s1. The van der Waals surface area contributed by atoms with Crippen LogP contribution in [0.3, 0.4) is 0 Å². The van der Waals surface area contributed by atoms with Crippen molar-refractivity contribution >= 4 is 18.0 Å². The van der Waals surface area contributed by atoms with Gasteiger partial charge in [0.2, 0.25) is 5.91 Å². The summed E-state index contributed by atoms with van der Waals surface area (Å²) in [5, 5.41) is 12.6. The molecule has 5 rings (SSSR count). The molecule has 2 aromatic carbocycles. The molecule has 184 valence electrons. The Hall–Kier alpha value is -3.35. The third kappa shape index (κ3) is 4.07. The van der Waals surface area contributed by atoms with E-state index in [1.807, 2.05) is 31.2 Å². The van der Waals surface area contributed by atoms with Gasteiger partial charge in [-0.15, -0.1) is 0 Å². The highest BCUT2D eigenvalue weighted by molar-refractivity contribution is 5.87. The number of nitrogens with zero attached hydrogens (tertiary/aromatic N) is 1. The highest BCUT2D eigenvalue weighted by Crippen LogP contribution is 2.49. The molecule has 1 saturated carbocycles. The van der Waals surface area contributed by atoms with Crippen LogP contribution >= 0.6 is 0 Å². The van der Waals surface area contributed by atoms with E-state index in [0.717, 1.165) is 35.1 Å². The number of hydrogen-bond acceptors (Lipinski definition) is 4. The summed E-state index contributed by atoms with van der Waals surface area (Å²) in [4.78, 5) is 39.8. The second-order valence-corrected chi connectivity index (χ2v) is 10.1. The maximum Gasteiger partial charge on any atom is 0.407 e. The molecule has 2 N–H and O–H groups in total. The third-order valence-electron chi connectivity index (χ3n) is 8.12. The van der Waals surface area contributed by atoms with Gasteiger partial charge in [0.15, 0.2) is 0 Å². The van der Waals surface area contributed by atoms with Gasteiger partial charge < -0.3 is 20.1 Å². The van der Waals surface area contributed by atoms with Crippen LogP contribution < -0.4 is 5.32 Å². The Bertz CT molecular complexity index is 1100. The largest absolute Gasteiger partial charge is 0.481 e. The quantitative estimate of drug-likeness (QED) is 0.617. The first-order chi connectivity index (χ1) is 16.9. The van der Waals surface area contributed by atoms with Gasteiger partial charge in [-0.2, -0.15) is 0 Å². The minimum atomic E-state index is -0.837. The lowest BCUT2D eigenvalue weighted by molar-refractivity contribution is -0.149. The maximum atomic E-state index is 13.3. The van der Waals surface area contributed by atoms with Crippen molar-refractivity contribution in [2.24, 2.45) is 11.3 Å². The summed E-state index contributed by atoms with van der Waals surface area (Å²) in [6, 6.07) is 15.6. The van der Waals surface area contributed by atoms with Gasteiger partial charge in [0, 0.05) is 19.0 Å². The predicted molar refractivity (Wildman–Crippen MR) is 131 cm³/mol. The molecule has 1 unspecified atom stereocenters. The van der Waals surface area contributed by atoms with Crippen LogP contribution in [0.15, 0.2) is 48.5 Å². The van der Waals surface area contributed by atoms with Gasteiger partial charge in [0.1, 0.15) is 12.6 Å². The van der Waals surface area contributed by atoms with Gasteiger partial charge in [-0.25, -0.2) is 4.79 Å². The SMILES string of the molecule is CCCC(NC(=O)OCC1c2ccccc2-c2ccccc21)C(=O)N1C[C@H]2CCC[C@@]2(C(=O)O)C1. The minimum absolute atomic E-state index is 0.0133. The summed E-state index contributed by atoms with van der Waals surface area (Å²) in [6.07, 6.45) is 2.88. The van der Waals surface area contributed by atoms with Crippen LogP contribution in [0.1, 0.15) is 56.1 Å². The van der Waals surface area contributed by atoms with Gasteiger partial charge >= 0.3 is 12.1 Å². The number of alkyl carbamates (subject to hydrolysis) is 1. The van der Waals surface area contributed by atoms with Gasteiger partial charge in [0.05, 0.1) is 5.41 Å². The molecule has 0 spiro atoms. The fraction of sp³-hybridized carbons (Fsp3) is 0.464. The molecule has 35 heavy (non-hydrogen) atoms. The molecule has 0 aromatic heterocycles. The Morgan fingerprint density at radius 3 is 2.37 bits per heavy atom. The van der Waals surface area contributed by atoms with Crippen LogP contribution in [0.5, 0.6) is 0 Å². The fourth-order valence-electron chi connectivity index (χ4n) is 6.36. The molecule has 2 aliphatic carbocycles. The van der Waals surface area contributed by atoms with Gasteiger partial charge in [0.25, 0.3) is 0 Å². The van der Waals surface area contributed by atoms with Crippen molar-refractivity contribution in [2.45, 2.75) is 51.0 Å². The first-order valence-electron chi connectivity index (χ1n) is 12.6. The molecular weight excluding hydrogens is 444 g/mol. The smallest absolute Gasteiger partial charge is 0.407 e. The summed E-state index contributed by atoms with van der Waals surface area (Å²) in [6.45, 7) is 2.80. The van der Waals surface area contributed by atoms with E-state index in [2.05, 4.69) is 29.6 Å². The zero-order valence-electron chi connectivity index (χ0n) is 20.0. The molecule has 7 heteroatoms. The third-order valence-corrected chi connectivity index (χ3v) is 8.12. The number of carbonyl (C=O) groups excluding carboxylic acids is 2. The van der Waals surface area contributed by atoms with Crippen LogP contribution in [-0.2, 0) is 14.3 Å². The number of nitrogens with one attached hydrogen (secondary N) is 1. The van der Waals surface area contributed by atoms with E-state index in [1.165, 1.54) is 0 Å². The van der Waals surface area contributed by atoms with Crippen molar-refractivity contribution in [1.29, 1.82) is 0 Å². The number of benzene rings is 2. The number of hydrogen-bond donors (Lipinski definition) is 2. The minimum Gasteiger partial charge on any atom is -0.481 e. The highest BCUT2D eigenvalue weighted by atomic mass is 16.5. The number of carboxylic acids is 1. The number of fused-ring (bicyclic) bond motifs is 4. The van der Waals surface area contributed by atoms with Crippen LogP contribution in [0.25, 0.3) is 11.1 Å². The molecule has 2 aromatic rings. The average molecular weight is 477 g/mol. The Balaban J connectivity index is 1.24.